The van der Waals surface area contributed by atoms with Crippen LogP contribution in [0.25, 0.3) is 11.5 Å². The van der Waals surface area contributed by atoms with Gasteiger partial charge in [-0.3, -0.25) is 4.79 Å². The topological polar surface area (TPSA) is 92.5 Å². The van der Waals surface area contributed by atoms with Crippen LogP contribution in [0.5, 0.6) is 0 Å². The van der Waals surface area contributed by atoms with E-state index < -0.39 is 15.9 Å². The molecule has 4 rings (SSSR count). The Labute approximate surface area is 182 Å². The fourth-order valence-corrected chi connectivity index (χ4v) is 5.16. The van der Waals surface area contributed by atoms with Gasteiger partial charge in [0, 0.05) is 24.3 Å². The molecule has 162 valence electrons. The van der Waals surface area contributed by atoms with E-state index in [4.69, 9.17) is 4.42 Å². The first-order chi connectivity index (χ1) is 14.9. The molecule has 1 saturated heterocycles. The lowest BCUT2D eigenvalue weighted by Gasteiger charge is -2.20. The number of anilines is 1. The minimum Gasteiger partial charge on any atom is -0.441 e. The van der Waals surface area contributed by atoms with Crippen LogP contribution in [-0.2, 0) is 10.0 Å². The van der Waals surface area contributed by atoms with Gasteiger partial charge in [0.2, 0.25) is 15.9 Å². The van der Waals surface area contributed by atoms with Crippen molar-refractivity contribution in [2.24, 2.45) is 0 Å². The number of carbonyl (C=O) groups excluding carboxylic acids is 1. The van der Waals surface area contributed by atoms with Crippen molar-refractivity contribution in [1.82, 2.24) is 9.29 Å². The van der Waals surface area contributed by atoms with Crippen molar-refractivity contribution in [3.8, 4) is 11.5 Å². The van der Waals surface area contributed by atoms with Gasteiger partial charge in [-0.2, -0.15) is 4.31 Å². The zero-order chi connectivity index (χ0) is 21.8. The Bertz CT molecular complexity index is 1150. The second-order valence-corrected chi connectivity index (χ2v) is 9.52. The molecule has 0 radical (unpaired) electrons. The van der Waals surface area contributed by atoms with E-state index in [2.05, 4.69) is 10.3 Å². The molecule has 1 aliphatic rings. The average Bonchev–Trinajstić information content (AvgIpc) is 2.98. The van der Waals surface area contributed by atoms with E-state index in [9.17, 15) is 13.2 Å². The second-order valence-electron chi connectivity index (χ2n) is 7.59. The van der Waals surface area contributed by atoms with Crippen LogP contribution in [0, 0.1) is 6.92 Å². The molecule has 1 amide bonds. The average molecular weight is 440 g/mol. The first-order valence-electron chi connectivity index (χ1n) is 10.4. The van der Waals surface area contributed by atoms with E-state index in [-0.39, 0.29) is 10.6 Å². The van der Waals surface area contributed by atoms with E-state index in [1.165, 1.54) is 12.1 Å². The molecule has 31 heavy (non-hydrogen) atoms. The van der Waals surface area contributed by atoms with Crippen molar-refractivity contribution < 1.29 is 17.6 Å². The van der Waals surface area contributed by atoms with Gasteiger partial charge in [-0.1, -0.05) is 31.0 Å². The minimum absolute atomic E-state index is 0.195. The summed E-state index contributed by atoms with van der Waals surface area (Å²) in [4.78, 5) is 17.2. The van der Waals surface area contributed by atoms with Gasteiger partial charge in [0.1, 0.15) is 5.76 Å². The Kier molecular flexibility index (Phi) is 6.20. The molecule has 0 saturated carbocycles. The van der Waals surface area contributed by atoms with Crippen LogP contribution < -0.4 is 5.32 Å². The summed E-state index contributed by atoms with van der Waals surface area (Å²) in [6.07, 6.45) is 3.89. The molecule has 2 heterocycles. The number of nitrogens with zero attached hydrogens (tertiary/aromatic N) is 2. The number of aryl methyl sites for hydroxylation is 1. The monoisotopic (exact) mass is 439 g/mol. The highest BCUT2D eigenvalue weighted by Crippen LogP contribution is 2.24. The number of nitrogens with one attached hydrogen (secondary N) is 1. The molecule has 0 unspecified atom stereocenters. The molecule has 7 nitrogen and oxygen atoms in total. The van der Waals surface area contributed by atoms with E-state index in [0.717, 1.165) is 31.2 Å². The van der Waals surface area contributed by atoms with E-state index in [1.54, 1.807) is 23.4 Å². The van der Waals surface area contributed by atoms with Crippen LogP contribution in [0.2, 0.25) is 0 Å². The van der Waals surface area contributed by atoms with Gasteiger partial charge in [0.05, 0.1) is 4.90 Å². The molecule has 8 heteroatoms. The van der Waals surface area contributed by atoms with Crippen molar-refractivity contribution in [3.63, 3.8) is 0 Å². The summed E-state index contributed by atoms with van der Waals surface area (Å²) in [5.74, 6) is 0.380. The highest BCUT2D eigenvalue weighted by Gasteiger charge is 2.25. The third kappa shape index (κ3) is 4.70. The molecular formula is C23H25N3O4S. The number of amides is 1. The number of hydrogen-bond acceptors (Lipinski definition) is 5. The maximum absolute atomic E-state index is 12.9. The molecule has 0 spiro atoms. The zero-order valence-electron chi connectivity index (χ0n) is 17.4. The number of aromatic nitrogens is 1. The van der Waals surface area contributed by atoms with Crippen LogP contribution in [-0.4, -0.2) is 36.7 Å². The maximum atomic E-state index is 12.9. The Balaban J connectivity index is 1.48. The quantitative estimate of drug-likeness (QED) is 0.633. The molecule has 3 aromatic rings. The Morgan fingerprint density at radius 3 is 2.26 bits per heavy atom. The summed E-state index contributed by atoms with van der Waals surface area (Å²) < 4.78 is 33.0. The SMILES string of the molecule is Cc1oc(-c2ccccc2)nc1C(=O)Nc1ccc(S(=O)(=O)N2CCCCCC2)cc1. The van der Waals surface area contributed by atoms with Gasteiger partial charge in [0.25, 0.3) is 5.91 Å². The van der Waals surface area contributed by atoms with Gasteiger partial charge in [-0.25, -0.2) is 13.4 Å². The Morgan fingerprint density at radius 1 is 0.968 bits per heavy atom. The summed E-state index contributed by atoms with van der Waals surface area (Å²) in [7, 11) is -3.52. The summed E-state index contributed by atoms with van der Waals surface area (Å²) in [6.45, 7) is 2.79. The van der Waals surface area contributed by atoms with Crippen molar-refractivity contribution in [2.75, 3.05) is 18.4 Å². The molecule has 1 aromatic heterocycles. The number of benzene rings is 2. The third-order valence-electron chi connectivity index (χ3n) is 5.35. The number of hydrogen-bond donors (Lipinski definition) is 1. The van der Waals surface area contributed by atoms with Gasteiger partial charge in [-0.05, 0) is 56.2 Å². The molecule has 0 bridgehead atoms. The Hall–Kier alpha value is -2.97. The normalized spacial score (nSPS) is 15.4. The number of sulfonamides is 1. The van der Waals surface area contributed by atoms with Crippen LogP contribution in [0.4, 0.5) is 5.69 Å². The molecule has 1 fully saturated rings. The van der Waals surface area contributed by atoms with E-state index >= 15 is 0 Å². The Morgan fingerprint density at radius 2 is 1.61 bits per heavy atom. The predicted octanol–water partition coefficient (Wildman–Crippen LogP) is 4.47. The van der Waals surface area contributed by atoms with E-state index in [0.29, 0.717) is 30.4 Å². The minimum atomic E-state index is -3.52. The predicted molar refractivity (Wildman–Crippen MR) is 118 cm³/mol. The van der Waals surface area contributed by atoms with Crippen LogP contribution in [0.15, 0.2) is 63.9 Å². The number of oxazole rings is 1. The maximum Gasteiger partial charge on any atom is 0.277 e. The molecule has 0 atom stereocenters. The van der Waals surface area contributed by atoms with Gasteiger partial charge >= 0.3 is 0 Å². The number of carbonyl (C=O) groups is 1. The van der Waals surface area contributed by atoms with Crippen molar-refractivity contribution in [2.45, 2.75) is 37.5 Å². The van der Waals surface area contributed by atoms with Crippen LogP contribution >= 0.6 is 0 Å². The molecular weight excluding hydrogens is 414 g/mol. The summed E-state index contributed by atoms with van der Waals surface area (Å²) in [5, 5.41) is 2.76. The highest BCUT2D eigenvalue weighted by atomic mass is 32.2. The smallest absolute Gasteiger partial charge is 0.277 e. The summed E-state index contributed by atoms with van der Waals surface area (Å²) in [5.41, 5.74) is 1.47. The van der Waals surface area contributed by atoms with E-state index in [1.807, 2.05) is 30.3 Å². The first-order valence-corrected chi connectivity index (χ1v) is 11.8. The molecule has 0 aliphatic carbocycles. The lowest BCUT2D eigenvalue weighted by Crippen LogP contribution is -2.31. The third-order valence-corrected chi connectivity index (χ3v) is 7.26. The summed E-state index contributed by atoms with van der Waals surface area (Å²) >= 11 is 0. The largest absolute Gasteiger partial charge is 0.441 e. The standard InChI is InChI=1S/C23H25N3O4S/c1-17-21(25-23(30-17)18-9-5-4-6-10-18)22(27)24-19-11-13-20(14-12-19)31(28,29)26-15-7-2-3-8-16-26/h4-6,9-14H,2-3,7-8,15-16H2,1H3,(H,24,27). The molecule has 2 aromatic carbocycles. The van der Waals surface area contributed by atoms with Crippen LogP contribution in [0.1, 0.15) is 41.9 Å². The molecule has 1 aliphatic heterocycles. The second kappa shape index (κ2) is 9.03. The number of rotatable bonds is 5. The van der Waals surface area contributed by atoms with Crippen molar-refractivity contribution in [1.29, 1.82) is 0 Å². The van der Waals surface area contributed by atoms with Crippen LogP contribution in [0.3, 0.4) is 0 Å². The van der Waals surface area contributed by atoms with Crippen molar-refractivity contribution in [3.05, 3.63) is 66.1 Å². The van der Waals surface area contributed by atoms with Gasteiger partial charge in [-0.15, -0.1) is 0 Å². The summed E-state index contributed by atoms with van der Waals surface area (Å²) in [6, 6.07) is 15.6. The van der Waals surface area contributed by atoms with Gasteiger partial charge in [0.15, 0.2) is 5.69 Å². The molecule has 1 N–H and O–H groups in total. The zero-order valence-corrected chi connectivity index (χ0v) is 18.2. The fraction of sp³-hybridized carbons (Fsp3) is 0.304. The lowest BCUT2D eigenvalue weighted by atomic mass is 10.2. The fourth-order valence-electron chi connectivity index (χ4n) is 3.64. The first kappa shape index (κ1) is 21.3. The van der Waals surface area contributed by atoms with Crippen molar-refractivity contribution >= 4 is 21.6 Å². The van der Waals surface area contributed by atoms with Gasteiger partial charge < -0.3 is 9.73 Å². The lowest BCUT2D eigenvalue weighted by molar-refractivity contribution is 0.102. The highest BCUT2D eigenvalue weighted by molar-refractivity contribution is 7.89.